The van der Waals surface area contributed by atoms with Crippen LogP contribution in [0.2, 0.25) is 0 Å². The number of hydrogen-bond acceptors (Lipinski definition) is 6. The molecule has 166 valence electrons. The van der Waals surface area contributed by atoms with E-state index in [1.54, 1.807) is 45.2 Å². The van der Waals surface area contributed by atoms with Crippen LogP contribution in [0.5, 0.6) is 11.5 Å². The number of rotatable bonds is 9. The van der Waals surface area contributed by atoms with E-state index in [9.17, 15) is 14.4 Å². The first-order valence-electron chi connectivity index (χ1n) is 10.0. The van der Waals surface area contributed by atoms with E-state index in [1.807, 2.05) is 13.8 Å². The standard InChI is InChI=1S/C24H29NO6/c1-13(2)30-19-10-8-18(12-20(19)29-7)9-11-21(27)31-17(6)24(28)23-14(3)22(16(5)26)15(4)25-23/h8-13,17,25H,1-7H3/b11-9+/t17-/m1/s1. The Balaban J connectivity index is 2.08. The van der Waals surface area contributed by atoms with Crippen LogP contribution in [-0.4, -0.2) is 41.8 Å². The molecule has 0 fully saturated rings. The van der Waals surface area contributed by atoms with Gasteiger partial charge in [-0.25, -0.2) is 4.79 Å². The van der Waals surface area contributed by atoms with Crippen LogP contribution in [0.15, 0.2) is 24.3 Å². The Labute approximate surface area is 182 Å². The number of aromatic amines is 1. The Morgan fingerprint density at radius 3 is 2.29 bits per heavy atom. The molecule has 1 aromatic heterocycles. The molecule has 0 saturated heterocycles. The molecule has 1 N–H and O–H groups in total. The number of aryl methyl sites for hydroxylation is 1. The Morgan fingerprint density at radius 2 is 1.74 bits per heavy atom. The molecule has 1 heterocycles. The van der Waals surface area contributed by atoms with Gasteiger partial charge in [0.2, 0.25) is 5.78 Å². The molecule has 7 nitrogen and oxygen atoms in total. The maximum absolute atomic E-state index is 12.7. The van der Waals surface area contributed by atoms with Crippen molar-refractivity contribution in [3.63, 3.8) is 0 Å². The number of carbonyl (C=O) groups excluding carboxylic acids is 3. The maximum Gasteiger partial charge on any atom is 0.331 e. The zero-order valence-electron chi connectivity index (χ0n) is 19.0. The third kappa shape index (κ3) is 5.84. The van der Waals surface area contributed by atoms with Crippen molar-refractivity contribution in [2.24, 2.45) is 0 Å². The fourth-order valence-corrected chi connectivity index (χ4v) is 3.30. The van der Waals surface area contributed by atoms with E-state index < -0.39 is 17.9 Å². The molecule has 7 heteroatoms. The first-order valence-corrected chi connectivity index (χ1v) is 10.0. The lowest BCUT2D eigenvalue weighted by molar-refractivity contribution is -0.140. The fourth-order valence-electron chi connectivity index (χ4n) is 3.30. The lowest BCUT2D eigenvalue weighted by atomic mass is 10.0. The molecule has 0 aliphatic rings. The minimum absolute atomic E-state index is 0.00270. The summed E-state index contributed by atoms with van der Waals surface area (Å²) in [5.74, 6) is -0.0236. The highest BCUT2D eigenvalue weighted by molar-refractivity contribution is 6.05. The normalized spacial score (nSPS) is 12.1. The molecule has 0 saturated carbocycles. The molecule has 0 aliphatic heterocycles. The molecule has 1 atom stereocenters. The number of H-pyrrole nitrogens is 1. The molecule has 31 heavy (non-hydrogen) atoms. The average Bonchev–Trinajstić information content (AvgIpc) is 3.00. The van der Waals surface area contributed by atoms with Crippen molar-refractivity contribution in [2.45, 2.75) is 53.8 Å². The van der Waals surface area contributed by atoms with E-state index in [1.165, 1.54) is 19.9 Å². The quantitative estimate of drug-likeness (QED) is 0.361. The number of carbonyl (C=O) groups is 3. The van der Waals surface area contributed by atoms with E-state index >= 15 is 0 Å². The van der Waals surface area contributed by atoms with Crippen LogP contribution >= 0.6 is 0 Å². The van der Waals surface area contributed by atoms with E-state index in [0.29, 0.717) is 33.9 Å². The largest absolute Gasteiger partial charge is 0.493 e. The number of hydrogen-bond donors (Lipinski definition) is 1. The molecule has 0 spiro atoms. The third-order valence-electron chi connectivity index (χ3n) is 4.66. The van der Waals surface area contributed by atoms with Gasteiger partial charge in [-0.2, -0.15) is 0 Å². The van der Waals surface area contributed by atoms with Crippen LogP contribution in [0, 0.1) is 13.8 Å². The van der Waals surface area contributed by atoms with Gasteiger partial charge in [-0.05, 0) is 70.9 Å². The van der Waals surface area contributed by atoms with Gasteiger partial charge in [0.25, 0.3) is 0 Å². The first kappa shape index (κ1) is 23.9. The van der Waals surface area contributed by atoms with Gasteiger partial charge in [0.05, 0.1) is 18.9 Å². The highest BCUT2D eigenvalue weighted by atomic mass is 16.5. The second-order valence-corrected chi connectivity index (χ2v) is 7.53. The lowest BCUT2D eigenvalue weighted by Gasteiger charge is -2.13. The third-order valence-corrected chi connectivity index (χ3v) is 4.66. The summed E-state index contributed by atoms with van der Waals surface area (Å²) >= 11 is 0. The van der Waals surface area contributed by atoms with Crippen LogP contribution in [0.1, 0.15) is 65.4 Å². The second-order valence-electron chi connectivity index (χ2n) is 7.53. The van der Waals surface area contributed by atoms with Crippen molar-refractivity contribution in [3.05, 3.63) is 52.4 Å². The molecule has 0 aliphatic carbocycles. The van der Waals surface area contributed by atoms with Gasteiger partial charge in [0.1, 0.15) is 0 Å². The van der Waals surface area contributed by atoms with Crippen molar-refractivity contribution in [1.29, 1.82) is 0 Å². The molecular weight excluding hydrogens is 398 g/mol. The van der Waals surface area contributed by atoms with E-state index in [-0.39, 0.29) is 17.6 Å². The topological polar surface area (TPSA) is 94.7 Å². The van der Waals surface area contributed by atoms with Crippen molar-refractivity contribution in [1.82, 2.24) is 4.98 Å². The van der Waals surface area contributed by atoms with Gasteiger partial charge >= 0.3 is 5.97 Å². The van der Waals surface area contributed by atoms with Gasteiger partial charge in [-0.1, -0.05) is 6.07 Å². The molecule has 0 amide bonds. The summed E-state index contributed by atoms with van der Waals surface area (Å²) in [6.07, 6.45) is 1.81. The van der Waals surface area contributed by atoms with Crippen LogP contribution < -0.4 is 9.47 Å². The molecule has 1 aromatic carbocycles. The number of Topliss-reactive ketones (excluding diaryl/α,β-unsaturated/α-hetero) is 2. The minimum Gasteiger partial charge on any atom is -0.493 e. The van der Waals surface area contributed by atoms with Crippen LogP contribution in [0.4, 0.5) is 0 Å². The number of ketones is 2. The van der Waals surface area contributed by atoms with E-state index in [2.05, 4.69) is 4.98 Å². The average molecular weight is 427 g/mol. The second kappa shape index (κ2) is 10.1. The van der Waals surface area contributed by atoms with Crippen molar-refractivity contribution < 1.29 is 28.6 Å². The Kier molecular flexibility index (Phi) is 7.80. The van der Waals surface area contributed by atoms with Crippen LogP contribution in [0.25, 0.3) is 6.08 Å². The summed E-state index contributed by atoms with van der Waals surface area (Å²) < 4.78 is 16.3. The Morgan fingerprint density at radius 1 is 1.06 bits per heavy atom. The zero-order valence-corrected chi connectivity index (χ0v) is 19.0. The number of aromatic nitrogens is 1. The number of nitrogens with one attached hydrogen (secondary N) is 1. The Hall–Kier alpha value is -3.35. The highest BCUT2D eigenvalue weighted by Crippen LogP contribution is 2.29. The molecule has 0 bridgehead atoms. The summed E-state index contributed by atoms with van der Waals surface area (Å²) in [4.78, 5) is 39.6. The fraction of sp³-hybridized carbons (Fsp3) is 0.375. The van der Waals surface area contributed by atoms with Gasteiger partial charge in [0.15, 0.2) is 23.4 Å². The summed E-state index contributed by atoms with van der Waals surface area (Å²) in [5.41, 5.74) is 2.65. The summed E-state index contributed by atoms with van der Waals surface area (Å²) in [7, 11) is 1.54. The summed E-state index contributed by atoms with van der Waals surface area (Å²) in [6, 6.07) is 5.29. The van der Waals surface area contributed by atoms with Crippen molar-refractivity contribution >= 4 is 23.6 Å². The number of benzene rings is 1. The van der Waals surface area contributed by atoms with Crippen LogP contribution in [0.3, 0.4) is 0 Å². The number of esters is 1. The van der Waals surface area contributed by atoms with E-state index in [4.69, 9.17) is 14.2 Å². The van der Waals surface area contributed by atoms with Crippen LogP contribution in [-0.2, 0) is 9.53 Å². The Bertz CT molecular complexity index is 1020. The molecule has 2 rings (SSSR count). The zero-order chi connectivity index (χ0) is 23.3. The number of methoxy groups -OCH3 is 1. The predicted molar refractivity (Wildman–Crippen MR) is 118 cm³/mol. The smallest absolute Gasteiger partial charge is 0.331 e. The maximum atomic E-state index is 12.7. The first-order chi connectivity index (χ1) is 14.5. The SMILES string of the molecule is COc1cc(/C=C/C(=O)O[C@H](C)C(=O)c2[nH]c(C)c(C(C)=O)c2C)ccc1OC(C)C. The predicted octanol–water partition coefficient (Wildman–Crippen LogP) is 4.46. The molecule has 0 unspecified atom stereocenters. The van der Waals surface area contributed by atoms with Gasteiger partial charge in [-0.3, -0.25) is 9.59 Å². The van der Waals surface area contributed by atoms with Gasteiger partial charge in [-0.15, -0.1) is 0 Å². The molecular formula is C24H29NO6. The summed E-state index contributed by atoms with van der Waals surface area (Å²) in [6.45, 7) is 10.2. The lowest BCUT2D eigenvalue weighted by Crippen LogP contribution is -2.24. The molecule has 2 aromatic rings. The van der Waals surface area contributed by atoms with E-state index in [0.717, 1.165) is 0 Å². The van der Waals surface area contributed by atoms with Crippen molar-refractivity contribution in [2.75, 3.05) is 7.11 Å². The monoisotopic (exact) mass is 427 g/mol. The van der Waals surface area contributed by atoms with Gasteiger partial charge < -0.3 is 19.2 Å². The minimum atomic E-state index is -1.01. The highest BCUT2D eigenvalue weighted by Gasteiger charge is 2.25. The summed E-state index contributed by atoms with van der Waals surface area (Å²) in [5, 5.41) is 0. The van der Waals surface area contributed by atoms with Crippen molar-refractivity contribution in [3.8, 4) is 11.5 Å². The van der Waals surface area contributed by atoms with Gasteiger partial charge in [0, 0.05) is 17.3 Å². The number of ether oxygens (including phenoxy) is 3. The molecule has 0 radical (unpaired) electrons.